The summed E-state index contributed by atoms with van der Waals surface area (Å²) in [5, 5.41) is 43.2. The van der Waals surface area contributed by atoms with Crippen LogP contribution in [0.2, 0.25) is 0 Å². The molecular weight excluding hydrogens is 949 g/mol. The predicted molar refractivity (Wildman–Crippen MR) is 323 cm³/mol. The Labute approximate surface area is 445 Å². The number of hydrogen-bond acceptors (Lipinski definition) is 2. The molecule has 13 aromatic carbocycles. The normalized spacial score (nSPS) is 12.1. The van der Waals surface area contributed by atoms with Gasteiger partial charge in [0.2, 0.25) is 0 Å². The molecule has 17 aromatic rings. The number of benzene rings is 13. The summed E-state index contributed by atoms with van der Waals surface area (Å²) in [5.74, 6) is 0. The number of rotatable bonds is 4. The highest BCUT2D eigenvalue weighted by Crippen LogP contribution is 2.51. The molecule has 4 aromatic heterocycles. The van der Waals surface area contributed by atoms with E-state index in [1.165, 1.54) is 0 Å². The van der Waals surface area contributed by atoms with Crippen molar-refractivity contribution in [3.8, 4) is 34.9 Å². The van der Waals surface area contributed by atoms with Gasteiger partial charge in [0.15, 0.2) is 0 Å². The van der Waals surface area contributed by atoms with Crippen molar-refractivity contribution >= 4 is 130 Å². The summed E-state index contributed by atoms with van der Waals surface area (Å²) in [5.41, 5.74) is 10.7. The van der Waals surface area contributed by atoms with Crippen LogP contribution in [0.15, 0.2) is 243 Å². The highest BCUT2D eigenvalue weighted by molar-refractivity contribution is 6.26. The van der Waals surface area contributed by atoms with Crippen LogP contribution in [0.4, 0.5) is 0 Å². The summed E-state index contributed by atoms with van der Waals surface area (Å²) in [6.07, 6.45) is 0. The van der Waals surface area contributed by atoms with E-state index in [1.807, 2.05) is 0 Å². The summed E-state index contributed by atoms with van der Waals surface area (Å²) < 4.78 is 9.18. The van der Waals surface area contributed by atoms with Crippen molar-refractivity contribution in [3.63, 3.8) is 0 Å². The maximum Gasteiger partial charge on any atom is 0.104 e. The molecule has 0 unspecified atom stereocenters. The lowest BCUT2D eigenvalue weighted by atomic mass is 9.98. The lowest BCUT2D eigenvalue weighted by Crippen LogP contribution is -2.16. The van der Waals surface area contributed by atoms with Crippen molar-refractivity contribution in [2.75, 3.05) is 0 Å². The Balaban J connectivity index is 1.20. The van der Waals surface area contributed by atoms with Gasteiger partial charge in [-0.1, -0.05) is 194 Å². The topological polar surface area (TPSA) is 67.3 Å². The van der Waals surface area contributed by atoms with Crippen molar-refractivity contribution in [3.05, 3.63) is 254 Å². The third-order valence-electron chi connectivity index (χ3n) is 16.8. The number of para-hydroxylation sites is 4. The first-order chi connectivity index (χ1) is 38.7. The molecule has 0 atom stereocenters. The van der Waals surface area contributed by atoms with E-state index >= 15 is 0 Å². The maximum atomic E-state index is 12.9. The fraction of sp³-hybridized carbons (Fsp3) is 0. The molecule has 0 aliphatic rings. The molecule has 358 valence electrons. The molecule has 0 spiro atoms. The lowest BCUT2D eigenvalue weighted by Gasteiger charge is -2.27. The van der Waals surface area contributed by atoms with E-state index in [0.29, 0.717) is 33.9 Å². The first-order valence-corrected chi connectivity index (χ1v) is 26.4. The molecule has 0 radical (unpaired) electrons. The fourth-order valence-corrected chi connectivity index (χ4v) is 13.7. The van der Waals surface area contributed by atoms with Gasteiger partial charge in [0.1, 0.15) is 23.3 Å². The van der Waals surface area contributed by atoms with Gasteiger partial charge < -0.3 is 18.3 Å². The SMILES string of the molecule is N#Cc1c(-n2c3ccccc3c3c4ccccc4ccc32)c(-n2c3ccccc3c3c4ccccc4ccc32)c(C#N)c(-n2c3ccccc3c3c4ccccc4ccc32)c1-n1c2ccccc2c2c3ccccc3ccc21. The molecule has 0 fully saturated rings. The third-order valence-corrected chi connectivity index (χ3v) is 16.8. The zero-order chi connectivity index (χ0) is 51.3. The second kappa shape index (κ2) is 15.8. The minimum absolute atomic E-state index is 0.420. The molecule has 0 saturated heterocycles. The predicted octanol–water partition coefficient (Wildman–Crippen LogP) is 18.4. The largest absolute Gasteiger partial charge is 0.306 e. The van der Waals surface area contributed by atoms with Gasteiger partial charge in [-0.05, 0) is 91.6 Å². The van der Waals surface area contributed by atoms with Crippen LogP contribution in [-0.4, -0.2) is 18.3 Å². The molecule has 0 saturated carbocycles. The molecule has 0 bridgehead atoms. The van der Waals surface area contributed by atoms with E-state index in [-0.39, 0.29) is 0 Å². The van der Waals surface area contributed by atoms with E-state index in [0.717, 1.165) is 130 Å². The number of aromatic nitrogens is 4. The van der Waals surface area contributed by atoms with Gasteiger partial charge in [0, 0.05) is 43.1 Å². The summed E-state index contributed by atoms with van der Waals surface area (Å²) in [6, 6.07) is 91.9. The van der Waals surface area contributed by atoms with Gasteiger partial charge in [-0.3, -0.25) is 0 Å². The summed E-state index contributed by atoms with van der Waals surface area (Å²) in [6.45, 7) is 0. The first kappa shape index (κ1) is 42.4. The molecule has 0 aliphatic heterocycles. The van der Waals surface area contributed by atoms with Crippen molar-refractivity contribution in [1.29, 1.82) is 10.5 Å². The molecule has 4 heterocycles. The van der Waals surface area contributed by atoms with Crippen molar-refractivity contribution in [2.45, 2.75) is 0 Å². The molecule has 0 aliphatic carbocycles. The highest BCUT2D eigenvalue weighted by Gasteiger charge is 2.35. The van der Waals surface area contributed by atoms with Crippen LogP contribution in [-0.2, 0) is 0 Å². The van der Waals surface area contributed by atoms with E-state index in [2.05, 4.69) is 273 Å². The summed E-state index contributed by atoms with van der Waals surface area (Å²) >= 11 is 0. The monoisotopic (exact) mass is 988 g/mol. The Bertz CT molecular complexity index is 4930. The average molecular weight is 989 g/mol. The molecule has 0 amide bonds. The Morgan fingerprint density at radius 1 is 0.205 bits per heavy atom. The van der Waals surface area contributed by atoms with Gasteiger partial charge in [0.05, 0.1) is 66.9 Å². The molecule has 6 nitrogen and oxygen atoms in total. The van der Waals surface area contributed by atoms with Crippen LogP contribution in [0, 0.1) is 22.7 Å². The van der Waals surface area contributed by atoms with Crippen molar-refractivity contribution in [1.82, 2.24) is 18.3 Å². The molecule has 0 N–H and O–H groups in total. The van der Waals surface area contributed by atoms with Gasteiger partial charge in [-0.2, -0.15) is 10.5 Å². The quantitative estimate of drug-likeness (QED) is 0.176. The number of hydrogen-bond donors (Lipinski definition) is 0. The van der Waals surface area contributed by atoms with Crippen LogP contribution < -0.4 is 0 Å². The van der Waals surface area contributed by atoms with Crippen molar-refractivity contribution < 1.29 is 0 Å². The van der Waals surface area contributed by atoms with E-state index in [9.17, 15) is 10.5 Å². The van der Waals surface area contributed by atoms with Crippen LogP contribution >= 0.6 is 0 Å². The Kier molecular flexibility index (Phi) is 8.60. The minimum Gasteiger partial charge on any atom is -0.306 e. The van der Waals surface area contributed by atoms with Gasteiger partial charge in [0.25, 0.3) is 0 Å². The smallest absolute Gasteiger partial charge is 0.104 e. The highest BCUT2D eigenvalue weighted by atomic mass is 15.1. The van der Waals surface area contributed by atoms with E-state index in [4.69, 9.17) is 0 Å². The van der Waals surface area contributed by atoms with Gasteiger partial charge >= 0.3 is 0 Å². The van der Waals surface area contributed by atoms with Crippen LogP contribution in [0.25, 0.3) is 153 Å². The first-order valence-electron chi connectivity index (χ1n) is 26.4. The Morgan fingerprint density at radius 3 is 0.641 bits per heavy atom. The molecule has 78 heavy (non-hydrogen) atoms. The second-order valence-electron chi connectivity index (χ2n) is 20.5. The Hall–Kier alpha value is -10.9. The third kappa shape index (κ3) is 5.47. The molecular formula is C72H40N6. The fourth-order valence-electron chi connectivity index (χ4n) is 13.7. The lowest BCUT2D eigenvalue weighted by molar-refractivity contribution is 1.02. The van der Waals surface area contributed by atoms with Crippen LogP contribution in [0.1, 0.15) is 11.1 Å². The number of nitrogens with zero attached hydrogens (tertiary/aromatic N) is 6. The van der Waals surface area contributed by atoms with Gasteiger partial charge in [-0.25, -0.2) is 0 Å². The second-order valence-corrected chi connectivity index (χ2v) is 20.5. The summed E-state index contributed by atoms with van der Waals surface area (Å²) in [4.78, 5) is 0. The molecule has 17 rings (SSSR count). The minimum atomic E-state index is 0.420. The van der Waals surface area contributed by atoms with Gasteiger partial charge in [-0.15, -0.1) is 0 Å². The number of nitriles is 2. The van der Waals surface area contributed by atoms with E-state index < -0.39 is 0 Å². The summed E-state index contributed by atoms with van der Waals surface area (Å²) in [7, 11) is 0. The Morgan fingerprint density at radius 2 is 0.410 bits per heavy atom. The van der Waals surface area contributed by atoms with Crippen LogP contribution in [0.3, 0.4) is 0 Å². The number of fused-ring (bicyclic) bond motifs is 20. The van der Waals surface area contributed by atoms with Crippen LogP contribution in [0.5, 0.6) is 0 Å². The van der Waals surface area contributed by atoms with Crippen molar-refractivity contribution in [2.24, 2.45) is 0 Å². The zero-order valence-corrected chi connectivity index (χ0v) is 41.8. The molecule has 6 heteroatoms. The average Bonchev–Trinajstić information content (AvgIpc) is 4.39. The standard InChI is InChI=1S/C72H40N6/c73-41-55-69(75-57-29-13-9-25-51(57)65-47-21-5-1-17-43(47)33-37-61(65)75)70(76-58-30-14-10-26-52(58)66-48-22-6-2-18-44(48)34-38-62(66)76)56(42-74)72(78-60-32-16-12-28-54(60)68-50-24-8-4-20-46(50)36-40-64(68)78)71(55)77-59-31-15-11-27-53(59)67-49-23-7-3-19-45(49)35-39-63(67)77/h1-40H. The van der Waals surface area contributed by atoms with E-state index in [1.54, 1.807) is 0 Å². The maximum absolute atomic E-state index is 12.9. The zero-order valence-electron chi connectivity index (χ0n) is 41.8.